The van der Waals surface area contributed by atoms with Crippen molar-refractivity contribution in [2.45, 2.75) is 18.8 Å². The van der Waals surface area contributed by atoms with Gasteiger partial charge in [0, 0.05) is 5.92 Å². The number of methoxy groups -OCH3 is 1. The fourth-order valence-corrected chi connectivity index (χ4v) is 4.26. The summed E-state index contributed by atoms with van der Waals surface area (Å²) < 4.78 is 5.53. The number of hydrogen-bond acceptors (Lipinski definition) is 2. The van der Waals surface area contributed by atoms with Gasteiger partial charge < -0.3 is 9.64 Å². The van der Waals surface area contributed by atoms with Crippen molar-refractivity contribution in [1.29, 1.82) is 0 Å². The zero-order chi connectivity index (χ0) is 16.5. The first-order valence-corrected chi connectivity index (χ1v) is 8.90. The fourth-order valence-electron chi connectivity index (χ4n) is 4.26. The van der Waals surface area contributed by atoms with Gasteiger partial charge in [0.15, 0.2) is 0 Å². The number of benzene rings is 2. The van der Waals surface area contributed by atoms with Gasteiger partial charge in [-0.1, -0.05) is 42.5 Å². The van der Waals surface area contributed by atoms with E-state index in [0.717, 1.165) is 5.75 Å². The molecule has 2 aliphatic rings. The number of fused-ring (bicyclic) bond motifs is 2. The molecule has 2 nitrogen and oxygen atoms in total. The molecule has 1 unspecified atom stereocenters. The molecule has 0 N–H and O–H groups in total. The third-order valence-electron chi connectivity index (χ3n) is 5.64. The molecule has 1 aliphatic carbocycles. The maximum atomic E-state index is 5.53. The molecule has 0 saturated carbocycles. The number of ether oxygens (including phenoxy) is 1. The summed E-state index contributed by atoms with van der Waals surface area (Å²) in [5, 5.41) is 0. The lowest BCUT2D eigenvalue weighted by atomic mass is 9.74. The average Bonchev–Trinajstić information content (AvgIpc) is 2.79. The van der Waals surface area contributed by atoms with Gasteiger partial charge in [0.1, 0.15) is 5.75 Å². The molecule has 1 saturated heterocycles. The van der Waals surface area contributed by atoms with E-state index in [0.29, 0.717) is 11.8 Å². The predicted molar refractivity (Wildman–Crippen MR) is 108 cm³/mol. The molecule has 0 aromatic heterocycles. The van der Waals surface area contributed by atoms with E-state index in [1.165, 1.54) is 48.2 Å². The molecule has 0 bridgehead atoms. The van der Waals surface area contributed by atoms with Crippen LogP contribution in [0.3, 0.4) is 0 Å². The normalized spacial score (nSPS) is 20.2. The van der Waals surface area contributed by atoms with Gasteiger partial charge in [-0.2, -0.15) is 0 Å². The van der Waals surface area contributed by atoms with Crippen LogP contribution in [0.5, 0.6) is 5.75 Å². The van der Waals surface area contributed by atoms with Crippen LogP contribution in [0.4, 0.5) is 0 Å². The highest BCUT2D eigenvalue weighted by molar-refractivity contribution is 5.85. The first-order valence-electron chi connectivity index (χ1n) is 8.90. The Morgan fingerprint density at radius 2 is 1.60 bits per heavy atom. The Morgan fingerprint density at radius 1 is 0.920 bits per heavy atom. The first kappa shape index (κ1) is 18.0. The molecule has 1 aliphatic heterocycles. The van der Waals surface area contributed by atoms with Gasteiger partial charge in [-0.25, -0.2) is 0 Å². The van der Waals surface area contributed by atoms with Gasteiger partial charge in [-0.05, 0) is 73.3 Å². The number of rotatable bonds is 2. The van der Waals surface area contributed by atoms with Crippen LogP contribution in [0.1, 0.15) is 41.0 Å². The predicted octanol–water partition coefficient (Wildman–Crippen LogP) is 5.07. The van der Waals surface area contributed by atoms with Crippen LogP contribution < -0.4 is 4.74 Å². The van der Waals surface area contributed by atoms with Crippen molar-refractivity contribution in [2.75, 3.05) is 27.2 Å². The zero-order valence-corrected chi connectivity index (χ0v) is 15.8. The minimum atomic E-state index is 0. The zero-order valence-electron chi connectivity index (χ0n) is 14.9. The molecule has 1 heterocycles. The van der Waals surface area contributed by atoms with Crippen molar-refractivity contribution < 1.29 is 4.74 Å². The van der Waals surface area contributed by atoms with E-state index in [1.807, 2.05) is 0 Å². The fraction of sp³-hybridized carbons (Fsp3) is 0.364. The molecule has 0 amide bonds. The molecule has 0 spiro atoms. The minimum Gasteiger partial charge on any atom is -0.497 e. The molecule has 2 aromatic rings. The third-order valence-corrected chi connectivity index (χ3v) is 5.64. The highest BCUT2D eigenvalue weighted by atomic mass is 35.5. The first-order chi connectivity index (χ1) is 11.8. The lowest BCUT2D eigenvalue weighted by molar-refractivity contribution is 0.207. The Hall–Kier alpha value is -1.77. The molecular formula is C22H26ClNO. The summed E-state index contributed by atoms with van der Waals surface area (Å²) in [5.41, 5.74) is 5.58. The maximum absolute atomic E-state index is 5.53. The van der Waals surface area contributed by atoms with Gasteiger partial charge in [0.05, 0.1) is 7.11 Å². The highest BCUT2D eigenvalue weighted by Crippen LogP contribution is 2.43. The Bertz CT molecular complexity index is 762. The van der Waals surface area contributed by atoms with E-state index in [1.54, 1.807) is 7.11 Å². The quantitative estimate of drug-likeness (QED) is 0.745. The number of piperidine rings is 1. The van der Waals surface area contributed by atoms with E-state index >= 15 is 0 Å². The van der Waals surface area contributed by atoms with Crippen LogP contribution in [0.15, 0.2) is 42.5 Å². The van der Waals surface area contributed by atoms with E-state index in [4.69, 9.17) is 4.74 Å². The van der Waals surface area contributed by atoms with Crippen LogP contribution in [0.2, 0.25) is 0 Å². The summed E-state index contributed by atoms with van der Waals surface area (Å²) in [5.74, 6) is 2.10. The summed E-state index contributed by atoms with van der Waals surface area (Å²) >= 11 is 0. The highest BCUT2D eigenvalue weighted by Gasteiger charge is 2.31. The van der Waals surface area contributed by atoms with E-state index in [2.05, 4.69) is 66.6 Å². The average molecular weight is 356 g/mol. The maximum Gasteiger partial charge on any atom is 0.119 e. The largest absolute Gasteiger partial charge is 0.497 e. The number of hydrogen-bond donors (Lipinski definition) is 0. The summed E-state index contributed by atoms with van der Waals surface area (Å²) in [6.45, 7) is 2.38. The van der Waals surface area contributed by atoms with Crippen molar-refractivity contribution in [3.05, 3.63) is 64.7 Å². The molecule has 132 valence electrons. The third kappa shape index (κ3) is 3.47. The lowest BCUT2D eigenvalue weighted by Gasteiger charge is -2.35. The van der Waals surface area contributed by atoms with Crippen molar-refractivity contribution in [3.8, 4) is 5.75 Å². The molecule has 0 radical (unpaired) electrons. The van der Waals surface area contributed by atoms with E-state index < -0.39 is 0 Å². The van der Waals surface area contributed by atoms with Gasteiger partial charge >= 0.3 is 0 Å². The Morgan fingerprint density at radius 3 is 2.32 bits per heavy atom. The summed E-state index contributed by atoms with van der Waals surface area (Å²) in [4.78, 5) is 2.45. The van der Waals surface area contributed by atoms with Crippen molar-refractivity contribution in [3.63, 3.8) is 0 Å². The van der Waals surface area contributed by atoms with Crippen LogP contribution in [0.25, 0.3) is 12.2 Å². The second kappa shape index (κ2) is 7.63. The molecule has 4 rings (SSSR count). The second-order valence-corrected chi connectivity index (χ2v) is 7.08. The summed E-state index contributed by atoms with van der Waals surface area (Å²) in [7, 11) is 3.99. The minimum absolute atomic E-state index is 0. The Labute approximate surface area is 156 Å². The van der Waals surface area contributed by atoms with Crippen LogP contribution in [-0.2, 0) is 0 Å². The SMILES string of the molecule is COc1ccc2c(c1)C(C1CCN(C)CC1)c1ccccc1C=C2.Cl. The van der Waals surface area contributed by atoms with Crippen LogP contribution in [0, 0.1) is 5.92 Å². The topological polar surface area (TPSA) is 12.5 Å². The standard InChI is InChI=1S/C22H25NO.ClH/c1-23-13-11-18(12-14-23)22-20-6-4-3-5-16(20)7-8-17-9-10-19(24-2)15-21(17)22;/h3-10,15,18,22H,11-14H2,1-2H3;1H. The lowest BCUT2D eigenvalue weighted by Crippen LogP contribution is -2.33. The van der Waals surface area contributed by atoms with E-state index in [-0.39, 0.29) is 12.4 Å². The van der Waals surface area contributed by atoms with Gasteiger partial charge in [0.2, 0.25) is 0 Å². The summed E-state index contributed by atoms with van der Waals surface area (Å²) in [6.07, 6.45) is 7.05. The molecule has 25 heavy (non-hydrogen) atoms. The van der Waals surface area contributed by atoms with Gasteiger partial charge in [0.25, 0.3) is 0 Å². The van der Waals surface area contributed by atoms with Gasteiger partial charge in [-0.15, -0.1) is 12.4 Å². The number of nitrogens with zero attached hydrogens (tertiary/aromatic N) is 1. The van der Waals surface area contributed by atoms with Crippen molar-refractivity contribution in [1.82, 2.24) is 4.90 Å². The molecule has 3 heteroatoms. The van der Waals surface area contributed by atoms with Gasteiger partial charge in [-0.3, -0.25) is 0 Å². The monoisotopic (exact) mass is 355 g/mol. The van der Waals surface area contributed by atoms with Crippen LogP contribution in [-0.4, -0.2) is 32.1 Å². The van der Waals surface area contributed by atoms with Crippen molar-refractivity contribution in [2.24, 2.45) is 5.92 Å². The molecule has 2 aromatic carbocycles. The summed E-state index contributed by atoms with van der Waals surface area (Å²) in [6, 6.07) is 15.4. The molecular weight excluding hydrogens is 330 g/mol. The molecule has 1 atom stereocenters. The second-order valence-electron chi connectivity index (χ2n) is 7.08. The Kier molecular flexibility index (Phi) is 5.51. The Balaban J connectivity index is 0.00000182. The number of halogens is 1. The smallest absolute Gasteiger partial charge is 0.119 e. The molecule has 1 fully saturated rings. The van der Waals surface area contributed by atoms with Crippen molar-refractivity contribution >= 4 is 24.6 Å². The van der Waals surface area contributed by atoms with E-state index in [9.17, 15) is 0 Å². The number of likely N-dealkylation sites (tertiary alicyclic amines) is 1. The van der Waals surface area contributed by atoms with Crippen LogP contribution >= 0.6 is 12.4 Å².